The number of benzene rings is 1. The highest BCUT2D eigenvalue weighted by atomic mass is 35.5. The molecule has 0 aromatic heterocycles. The number of halogens is 1. The number of para-hydroxylation sites is 1. The number of anilines is 1. The van der Waals surface area contributed by atoms with Gasteiger partial charge in [0.25, 0.3) is 0 Å². The van der Waals surface area contributed by atoms with Crippen LogP contribution in [0.4, 0.5) is 5.69 Å². The van der Waals surface area contributed by atoms with Crippen LogP contribution in [0.25, 0.3) is 0 Å². The van der Waals surface area contributed by atoms with Gasteiger partial charge in [-0.25, -0.2) is 0 Å². The highest BCUT2D eigenvalue weighted by Gasteiger charge is 2.14. The molecule has 1 aliphatic carbocycles. The van der Waals surface area contributed by atoms with Gasteiger partial charge in [0.05, 0.1) is 0 Å². The standard InChI is InChI=1S/C12H15N.ClH/c1-9-5-4-8-11(12(9)13)10-6-2-3-7-10;/h2,4-6,8,10H,3,7,13H2,1H3;1H. The van der Waals surface area contributed by atoms with Crippen molar-refractivity contribution < 1.29 is 0 Å². The molecule has 1 nitrogen and oxygen atoms in total. The van der Waals surface area contributed by atoms with E-state index in [0.717, 1.165) is 5.69 Å². The van der Waals surface area contributed by atoms with E-state index in [2.05, 4.69) is 37.3 Å². The summed E-state index contributed by atoms with van der Waals surface area (Å²) in [5.41, 5.74) is 9.49. The summed E-state index contributed by atoms with van der Waals surface area (Å²) in [6.45, 7) is 2.07. The third-order valence-electron chi connectivity index (χ3n) is 2.77. The Morgan fingerprint density at radius 3 is 2.79 bits per heavy atom. The zero-order valence-corrected chi connectivity index (χ0v) is 9.18. The van der Waals surface area contributed by atoms with Gasteiger partial charge in [0, 0.05) is 11.6 Å². The molecule has 1 unspecified atom stereocenters. The van der Waals surface area contributed by atoms with E-state index in [-0.39, 0.29) is 12.4 Å². The van der Waals surface area contributed by atoms with E-state index in [1.54, 1.807) is 0 Å². The quantitative estimate of drug-likeness (QED) is 0.557. The monoisotopic (exact) mass is 209 g/mol. The Hall–Kier alpha value is -0.950. The highest BCUT2D eigenvalue weighted by molar-refractivity contribution is 5.85. The van der Waals surface area contributed by atoms with Gasteiger partial charge in [0.1, 0.15) is 0 Å². The first-order valence-corrected chi connectivity index (χ1v) is 4.80. The third kappa shape index (κ3) is 1.93. The van der Waals surface area contributed by atoms with Crippen LogP contribution in [0.15, 0.2) is 30.4 Å². The Morgan fingerprint density at radius 2 is 2.14 bits per heavy atom. The third-order valence-corrected chi connectivity index (χ3v) is 2.77. The molecule has 0 heterocycles. The largest absolute Gasteiger partial charge is 0.398 e. The van der Waals surface area contributed by atoms with Crippen molar-refractivity contribution in [2.24, 2.45) is 0 Å². The summed E-state index contributed by atoms with van der Waals surface area (Å²) in [4.78, 5) is 0. The molecule has 0 spiro atoms. The summed E-state index contributed by atoms with van der Waals surface area (Å²) < 4.78 is 0. The average Bonchev–Trinajstić information content (AvgIpc) is 2.62. The summed E-state index contributed by atoms with van der Waals surface area (Å²) in [5.74, 6) is 0.555. The summed E-state index contributed by atoms with van der Waals surface area (Å²) in [5, 5.41) is 0. The molecule has 0 aliphatic heterocycles. The Bertz CT molecular complexity index is 344. The fourth-order valence-electron chi connectivity index (χ4n) is 1.92. The van der Waals surface area contributed by atoms with Crippen LogP contribution in [0.3, 0.4) is 0 Å². The van der Waals surface area contributed by atoms with Crippen LogP contribution < -0.4 is 5.73 Å². The van der Waals surface area contributed by atoms with Crippen LogP contribution >= 0.6 is 12.4 Å². The number of nitrogens with two attached hydrogens (primary N) is 1. The first-order chi connectivity index (χ1) is 6.29. The predicted molar refractivity (Wildman–Crippen MR) is 64.0 cm³/mol. The number of allylic oxidation sites excluding steroid dienone is 2. The zero-order chi connectivity index (χ0) is 9.26. The fourth-order valence-corrected chi connectivity index (χ4v) is 1.92. The fraction of sp³-hybridized carbons (Fsp3) is 0.333. The lowest BCUT2D eigenvalue weighted by atomic mass is 9.95. The van der Waals surface area contributed by atoms with E-state index in [9.17, 15) is 0 Å². The molecule has 14 heavy (non-hydrogen) atoms. The number of aryl methyl sites for hydroxylation is 1. The minimum absolute atomic E-state index is 0. The van der Waals surface area contributed by atoms with Gasteiger partial charge in [-0.15, -0.1) is 12.4 Å². The van der Waals surface area contributed by atoms with Crippen LogP contribution in [0.2, 0.25) is 0 Å². The van der Waals surface area contributed by atoms with E-state index < -0.39 is 0 Å². The maximum Gasteiger partial charge on any atom is 0.0382 e. The molecule has 0 fully saturated rings. The average molecular weight is 210 g/mol. The lowest BCUT2D eigenvalue weighted by Gasteiger charge is -2.12. The summed E-state index contributed by atoms with van der Waals surface area (Å²) >= 11 is 0. The number of nitrogen functional groups attached to an aromatic ring is 1. The first kappa shape index (κ1) is 11.1. The van der Waals surface area contributed by atoms with Crippen LogP contribution in [-0.4, -0.2) is 0 Å². The molecule has 0 saturated heterocycles. The van der Waals surface area contributed by atoms with Gasteiger partial charge < -0.3 is 5.73 Å². The molecule has 2 N–H and O–H groups in total. The SMILES string of the molecule is Cc1cccc(C2C=CCC2)c1N.Cl. The molecule has 0 saturated carbocycles. The van der Waals surface area contributed by atoms with Crippen LogP contribution in [0.1, 0.15) is 29.9 Å². The van der Waals surface area contributed by atoms with Gasteiger partial charge in [0.2, 0.25) is 0 Å². The van der Waals surface area contributed by atoms with Crippen molar-refractivity contribution in [3.8, 4) is 0 Å². The molecule has 1 aromatic carbocycles. The second-order valence-corrected chi connectivity index (χ2v) is 3.69. The number of hydrogen-bond acceptors (Lipinski definition) is 1. The smallest absolute Gasteiger partial charge is 0.0382 e. The molecule has 1 aliphatic rings. The minimum Gasteiger partial charge on any atom is -0.398 e. The van der Waals surface area contributed by atoms with Crippen molar-refractivity contribution in [2.75, 3.05) is 5.73 Å². The van der Waals surface area contributed by atoms with Gasteiger partial charge in [-0.05, 0) is 30.9 Å². The Morgan fingerprint density at radius 1 is 1.36 bits per heavy atom. The van der Waals surface area contributed by atoms with Gasteiger partial charge in [-0.1, -0.05) is 30.4 Å². The normalized spacial score (nSPS) is 19.4. The van der Waals surface area contributed by atoms with Crippen molar-refractivity contribution in [2.45, 2.75) is 25.7 Å². The maximum atomic E-state index is 6.03. The van der Waals surface area contributed by atoms with Crippen molar-refractivity contribution in [3.05, 3.63) is 41.5 Å². The Kier molecular flexibility index (Phi) is 3.59. The highest BCUT2D eigenvalue weighted by Crippen LogP contribution is 2.32. The summed E-state index contributed by atoms with van der Waals surface area (Å²) in [6, 6.07) is 6.30. The van der Waals surface area contributed by atoms with Crippen molar-refractivity contribution in [1.29, 1.82) is 0 Å². The molecular weight excluding hydrogens is 194 g/mol. The van der Waals surface area contributed by atoms with E-state index in [0.29, 0.717) is 5.92 Å². The number of hydrogen-bond donors (Lipinski definition) is 1. The molecule has 0 bridgehead atoms. The van der Waals surface area contributed by atoms with Gasteiger partial charge in [-0.3, -0.25) is 0 Å². The molecule has 1 atom stereocenters. The Balaban J connectivity index is 0.000000980. The van der Waals surface area contributed by atoms with E-state index in [1.165, 1.54) is 24.0 Å². The van der Waals surface area contributed by atoms with Crippen molar-refractivity contribution >= 4 is 18.1 Å². The number of rotatable bonds is 1. The van der Waals surface area contributed by atoms with E-state index >= 15 is 0 Å². The topological polar surface area (TPSA) is 26.0 Å². The minimum atomic E-state index is 0. The van der Waals surface area contributed by atoms with Gasteiger partial charge in [0.15, 0.2) is 0 Å². The molecule has 0 radical (unpaired) electrons. The molecule has 76 valence electrons. The lowest BCUT2D eigenvalue weighted by molar-refractivity contribution is 0.802. The van der Waals surface area contributed by atoms with E-state index in [4.69, 9.17) is 5.73 Å². The van der Waals surface area contributed by atoms with Gasteiger partial charge >= 0.3 is 0 Å². The predicted octanol–water partition coefficient (Wildman–Crippen LogP) is 3.43. The van der Waals surface area contributed by atoms with Crippen LogP contribution in [0.5, 0.6) is 0 Å². The Labute approximate surface area is 91.4 Å². The molecule has 2 heteroatoms. The molecule has 2 rings (SSSR count). The molecule has 0 amide bonds. The van der Waals surface area contributed by atoms with Crippen LogP contribution in [-0.2, 0) is 0 Å². The second kappa shape index (κ2) is 4.52. The second-order valence-electron chi connectivity index (χ2n) is 3.69. The maximum absolute atomic E-state index is 6.03. The van der Waals surface area contributed by atoms with Crippen molar-refractivity contribution in [1.82, 2.24) is 0 Å². The van der Waals surface area contributed by atoms with Crippen LogP contribution in [0, 0.1) is 6.92 Å². The summed E-state index contributed by atoms with van der Waals surface area (Å²) in [7, 11) is 0. The molecule has 1 aromatic rings. The van der Waals surface area contributed by atoms with E-state index in [1.807, 2.05) is 0 Å². The first-order valence-electron chi connectivity index (χ1n) is 4.80. The molecular formula is C12H16ClN. The van der Waals surface area contributed by atoms with Gasteiger partial charge in [-0.2, -0.15) is 0 Å². The van der Waals surface area contributed by atoms with Crippen molar-refractivity contribution in [3.63, 3.8) is 0 Å². The summed E-state index contributed by atoms with van der Waals surface area (Å²) in [6.07, 6.45) is 6.92. The zero-order valence-electron chi connectivity index (χ0n) is 8.36. The lowest BCUT2D eigenvalue weighted by Crippen LogP contribution is -2.00.